The van der Waals surface area contributed by atoms with E-state index >= 15 is 0 Å². The van der Waals surface area contributed by atoms with E-state index in [1.54, 1.807) is 13.0 Å². The summed E-state index contributed by atoms with van der Waals surface area (Å²) in [4.78, 5) is 11.8. The molecule has 1 heterocycles. The van der Waals surface area contributed by atoms with Gasteiger partial charge in [-0.3, -0.25) is 4.79 Å². The largest absolute Gasteiger partial charge is 0.389 e. The summed E-state index contributed by atoms with van der Waals surface area (Å²) in [7, 11) is 0. The fourth-order valence-electron chi connectivity index (χ4n) is 2.61. The van der Waals surface area contributed by atoms with E-state index in [0.717, 1.165) is 5.56 Å². The first-order valence-corrected chi connectivity index (χ1v) is 7.77. The molecule has 0 spiro atoms. The fourth-order valence-corrected chi connectivity index (χ4v) is 2.61. The summed E-state index contributed by atoms with van der Waals surface area (Å²) in [5, 5.41) is 35.1. The molecule has 23 heavy (non-hydrogen) atoms. The second kappa shape index (κ2) is 8.21. The summed E-state index contributed by atoms with van der Waals surface area (Å²) in [6.07, 6.45) is 0.517. The lowest BCUT2D eigenvalue weighted by atomic mass is 9.91. The van der Waals surface area contributed by atoms with Gasteiger partial charge in [-0.25, -0.2) is 0 Å². The Morgan fingerprint density at radius 1 is 1.17 bits per heavy atom. The van der Waals surface area contributed by atoms with E-state index in [1.807, 2.05) is 36.4 Å². The van der Waals surface area contributed by atoms with Gasteiger partial charge in [-0.15, -0.1) is 0 Å². The highest BCUT2D eigenvalue weighted by atomic mass is 16.4. The highest BCUT2D eigenvalue weighted by Gasteiger charge is 2.40. The Morgan fingerprint density at radius 2 is 1.87 bits per heavy atom. The minimum absolute atomic E-state index is 0.167. The van der Waals surface area contributed by atoms with Crippen LogP contribution in [0.25, 0.3) is 6.08 Å². The molecular weight excluding hydrogens is 296 g/mol. The van der Waals surface area contributed by atoms with E-state index in [9.17, 15) is 20.1 Å². The molecule has 0 bridgehead atoms. The lowest BCUT2D eigenvalue weighted by Gasteiger charge is -2.40. The van der Waals surface area contributed by atoms with Crippen molar-refractivity contribution < 1.29 is 20.1 Å². The van der Waals surface area contributed by atoms with Crippen molar-refractivity contribution in [2.75, 3.05) is 6.54 Å². The van der Waals surface area contributed by atoms with Crippen molar-refractivity contribution in [1.82, 2.24) is 10.6 Å². The fraction of sp³-hybridized carbons (Fsp3) is 0.471. The molecule has 1 saturated heterocycles. The third-order valence-electron chi connectivity index (χ3n) is 4.03. The molecule has 6 heteroatoms. The predicted octanol–water partition coefficient (Wildman–Crippen LogP) is -0.351. The van der Waals surface area contributed by atoms with Gasteiger partial charge in [0, 0.05) is 19.0 Å². The molecule has 5 N–H and O–H groups in total. The number of piperidine rings is 1. The monoisotopic (exact) mass is 320 g/mol. The standard InChI is InChI=1S/C17H24N2O4/c1-11-15(21)17(23)16(22)13(19-11)10-18-14(20)9-5-8-12-6-3-2-4-7-12/h2-8,11,13,15-17,19,21-23H,9-10H2,1H3,(H,18,20)/b8-5+/t11-,13+,15+,16+,17+/m0/s1. The number of rotatable bonds is 5. The van der Waals surface area contributed by atoms with Crippen LogP contribution < -0.4 is 10.6 Å². The molecule has 5 atom stereocenters. The van der Waals surface area contributed by atoms with E-state index in [1.165, 1.54) is 0 Å². The van der Waals surface area contributed by atoms with Gasteiger partial charge in [0.1, 0.15) is 6.10 Å². The van der Waals surface area contributed by atoms with Crippen molar-refractivity contribution >= 4 is 12.0 Å². The number of hydrogen-bond acceptors (Lipinski definition) is 5. The first-order chi connectivity index (χ1) is 11.0. The van der Waals surface area contributed by atoms with E-state index in [4.69, 9.17) is 0 Å². The zero-order valence-corrected chi connectivity index (χ0v) is 13.1. The Hall–Kier alpha value is -1.73. The topological polar surface area (TPSA) is 102 Å². The summed E-state index contributed by atoms with van der Waals surface area (Å²) in [5.41, 5.74) is 1.02. The van der Waals surface area contributed by atoms with Crippen LogP contribution in [0.15, 0.2) is 36.4 Å². The average molecular weight is 320 g/mol. The molecule has 1 aromatic rings. The van der Waals surface area contributed by atoms with Gasteiger partial charge in [0.2, 0.25) is 5.91 Å². The summed E-state index contributed by atoms with van der Waals surface area (Å²) >= 11 is 0. The minimum Gasteiger partial charge on any atom is -0.389 e. The summed E-state index contributed by atoms with van der Waals surface area (Å²) in [6.45, 7) is 1.91. The van der Waals surface area contributed by atoms with Crippen LogP contribution in [0.4, 0.5) is 0 Å². The molecular formula is C17H24N2O4. The van der Waals surface area contributed by atoms with Gasteiger partial charge in [-0.05, 0) is 12.5 Å². The summed E-state index contributed by atoms with van der Waals surface area (Å²) in [5.74, 6) is -0.167. The summed E-state index contributed by atoms with van der Waals surface area (Å²) in [6, 6.07) is 8.83. The number of nitrogens with one attached hydrogen (secondary N) is 2. The molecule has 6 nitrogen and oxygen atoms in total. The number of carbonyl (C=O) groups excluding carboxylic acids is 1. The Morgan fingerprint density at radius 3 is 2.57 bits per heavy atom. The summed E-state index contributed by atoms with van der Waals surface area (Å²) < 4.78 is 0. The SMILES string of the molecule is C[C@@H]1N[C@H](CNC(=O)C/C=C/c2ccccc2)[C@@H](O)[C@H](O)[C@@H]1O. The second-order valence-corrected chi connectivity index (χ2v) is 5.85. The average Bonchev–Trinajstić information content (AvgIpc) is 2.56. The van der Waals surface area contributed by atoms with Crippen LogP contribution in [-0.2, 0) is 4.79 Å². The van der Waals surface area contributed by atoms with Gasteiger partial charge < -0.3 is 26.0 Å². The third kappa shape index (κ3) is 4.87. The molecule has 1 amide bonds. The molecule has 0 aromatic heterocycles. The third-order valence-corrected chi connectivity index (χ3v) is 4.03. The van der Waals surface area contributed by atoms with Crippen molar-refractivity contribution in [1.29, 1.82) is 0 Å². The Bertz CT molecular complexity index is 535. The number of amides is 1. The molecule has 1 aliphatic heterocycles. The van der Waals surface area contributed by atoms with E-state index < -0.39 is 24.4 Å². The Kier molecular flexibility index (Phi) is 6.29. The van der Waals surface area contributed by atoms with Gasteiger partial charge in [0.05, 0.1) is 18.2 Å². The van der Waals surface area contributed by atoms with Gasteiger partial charge >= 0.3 is 0 Å². The molecule has 2 rings (SSSR count). The van der Waals surface area contributed by atoms with E-state index in [2.05, 4.69) is 10.6 Å². The molecule has 0 unspecified atom stereocenters. The quantitative estimate of drug-likeness (QED) is 0.510. The van der Waals surface area contributed by atoms with E-state index in [0.29, 0.717) is 0 Å². The zero-order chi connectivity index (χ0) is 16.8. The van der Waals surface area contributed by atoms with Gasteiger partial charge in [-0.2, -0.15) is 0 Å². The minimum atomic E-state index is -1.22. The van der Waals surface area contributed by atoms with Crippen LogP contribution in [0.1, 0.15) is 18.9 Å². The maximum atomic E-state index is 11.8. The smallest absolute Gasteiger partial charge is 0.223 e. The first-order valence-electron chi connectivity index (χ1n) is 7.77. The molecule has 0 aliphatic carbocycles. The van der Waals surface area contributed by atoms with Crippen molar-refractivity contribution in [3.8, 4) is 0 Å². The van der Waals surface area contributed by atoms with Crippen molar-refractivity contribution in [3.05, 3.63) is 42.0 Å². The van der Waals surface area contributed by atoms with Crippen LogP contribution in [0.5, 0.6) is 0 Å². The number of aliphatic hydroxyl groups excluding tert-OH is 3. The van der Waals surface area contributed by atoms with Crippen LogP contribution in [0.2, 0.25) is 0 Å². The molecule has 0 saturated carbocycles. The predicted molar refractivity (Wildman–Crippen MR) is 87.5 cm³/mol. The Labute approximate surface area is 135 Å². The lowest BCUT2D eigenvalue weighted by molar-refractivity contribution is -0.123. The number of benzene rings is 1. The lowest BCUT2D eigenvalue weighted by Crippen LogP contribution is -2.66. The van der Waals surface area contributed by atoms with Gasteiger partial charge in [0.15, 0.2) is 0 Å². The van der Waals surface area contributed by atoms with Crippen molar-refractivity contribution in [3.63, 3.8) is 0 Å². The van der Waals surface area contributed by atoms with Crippen LogP contribution in [0.3, 0.4) is 0 Å². The normalized spacial score (nSPS) is 31.2. The zero-order valence-electron chi connectivity index (χ0n) is 13.1. The molecule has 1 aliphatic rings. The van der Waals surface area contributed by atoms with Crippen LogP contribution in [-0.4, -0.2) is 58.2 Å². The second-order valence-electron chi connectivity index (χ2n) is 5.85. The van der Waals surface area contributed by atoms with Crippen LogP contribution in [0, 0.1) is 0 Å². The van der Waals surface area contributed by atoms with Gasteiger partial charge in [0.25, 0.3) is 0 Å². The molecule has 126 valence electrons. The first kappa shape index (κ1) is 17.6. The van der Waals surface area contributed by atoms with Crippen LogP contribution >= 0.6 is 0 Å². The van der Waals surface area contributed by atoms with E-state index in [-0.39, 0.29) is 24.9 Å². The molecule has 0 radical (unpaired) electrons. The molecule has 1 fully saturated rings. The highest BCUT2D eigenvalue weighted by Crippen LogP contribution is 2.15. The Balaban J connectivity index is 1.77. The number of carbonyl (C=O) groups is 1. The number of hydrogen-bond donors (Lipinski definition) is 5. The maximum Gasteiger partial charge on any atom is 0.223 e. The number of aliphatic hydroxyl groups is 3. The van der Waals surface area contributed by atoms with Crippen molar-refractivity contribution in [2.24, 2.45) is 0 Å². The van der Waals surface area contributed by atoms with Gasteiger partial charge in [-0.1, -0.05) is 42.5 Å². The molecule has 1 aromatic carbocycles. The maximum absolute atomic E-state index is 11.8. The van der Waals surface area contributed by atoms with Crippen molar-refractivity contribution in [2.45, 2.75) is 43.7 Å². The highest BCUT2D eigenvalue weighted by molar-refractivity contribution is 5.78.